The summed E-state index contributed by atoms with van der Waals surface area (Å²) in [7, 11) is 2.21. The average Bonchev–Trinajstić information content (AvgIpc) is 3.42. The van der Waals surface area contributed by atoms with Gasteiger partial charge in [-0.05, 0) is 57.5 Å². The number of likely N-dealkylation sites (N-methyl/N-ethyl adjacent to an activating group) is 1. The van der Waals surface area contributed by atoms with Crippen molar-refractivity contribution in [2.75, 3.05) is 57.1 Å². The molecular weight excluding hydrogens is 490 g/mol. The second-order valence-electron chi connectivity index (χ2n) is 11.1. The number of anilines is 1. The number of nitrogen functional groups attached to an aromatic ring is 1. The Morgan fingerprint density at radius 2 is 1.82 bits per heavy atom. The molecule has 4 heterocycles. The molecule has 0 bridgehead atoms. The van der Waals surface area contributed by atoms with Crippen LogP contribution >= 0.6 is 0 Å². The lowest BCUT2D eigenvalue weighted by atomic mass is 10.0. The van der Waals surface area contributed by atoms with E-state index in [0.717, 1.165) is 61.3 Å². The first-order chi connectivity index (χ1) is 18.7. The second-order valence-corrected chi connectivity index (χ2v) is 11.1. The van der Waals surface area contributed by atoms with Crippen LogP contribution in [0.5, 0.6) is 5.75 Å². The molecule has 206 valence electrons. The maximum Gasteiger partial charge on any atom is 0.166 e. The zero-order valence-corrected chi connectivity index (χ0v) is 23.2. The van der Waals surface area contributed by atoms with Crippen molar-refractivity contribution >= 4 is 5.82 Å². The third kappa shape index (κ3) is 7.09. The highest BCUT2D eigenvalue weighted by Gasteiger charge is 2.27. The Morgan fingerprint density at radius 3 is 2.56 bits per heavy atom. The van der Waals surface area contributed by atoms with Gasteiger partial charge in [0.2, 0.25) is 0 Å². The lowest BCUT2D eigenvalue weighted by molar-refractivity contribution is 0.0948. The molecule has 2 aromatic heterocycles. The van der Waals surface area contributed by atoms with Crippen molar-refractivity contribution in [2.45, 2.75) is 44.9 Å². The van der Waals surface area contributed by atoms with Gasteiger partial charge in [-0.25, -0.2) is 4.98 Å². The van der Waals surface area contributed by atoms with E-state index in [1.165, 1.54) is 13.1 Å². The number of rotatable bonds is 6. The van der Waals surface area contributed by atoms with Gasteiger partial charge in [0.05, 0.1) is 12.4 Å². The number of hydrogen-bond acceptors (Lipinski definition) is 8. The summed E-state index contributed by atoms with van der Waals surface area (Å²) in [5.41, 5.74) is 8.75. The Kier molecular flexibility index (Phi) is 8.07. The molecule has 0 atom stereocenters. The minimum absolute atomic E-state index is 0.328. The SMILES string of the molecule is CN1CCN(C2CCN(n3cc(-c4cnc(N)c(OCc5cccc(C#CC(C)(C)O)c5)c4)cn3)CC2)CC1. The number of nitrogens with zero attached hydrogens (tertiary/aromatic N) is 6. The van der Waals surface area contributed by atoms with Crippen molar-refractivity contribution in [1.29, 1.82) is 0 Å². The summed E-state index contributed by atoms with van der Waals surface area (Å²) < 4.78 is 6.05. The smallest absolute Gasteiger partial charge is 0.166 e. The number of aromatic nitrogens is 3. The van der Waals surface area contributed by atoms with Crippen LogP contribution in [0.2, 0.25) is 0 Å². The molecule has 2 aliphatic heterocycles. The molecule has 3 N–H and O–H groups in total. The molecule has 9 nitrogen and oxygen atoms in total. The minimum atomic E-state index is -1.04. The largest absolute Gasteiger partial charge is 0.485 e. The van der Waals surface area contributed by atoms with Crippen LogP contribution in [0.4, 0.5) is 5.82 Å². The minimum Gasteiger partial charge on any atom is -0.485 e. The first-order valence-corrected chi connectivity index (χ1v) is 13.7. The van der Waals surface area contributed by atoms with Crippen molar-refractivity contribution in [1.82, 2.24) is 24.7 Å². The zero-order valence-electron chi connectivity index (χ0n) is 23.2. The van der Waals surface area contributed by atoms with E-state index in [4.69, 9.17) is 10.5 Å². The van der Waals surface area contributed by atoms with E-state index in [1.807, 2.05) is 41.3 Å². The molecule has 2 fully saturated rings. The Labute approximate surface area is 231 Å². The van der Waals surface area contributed by atoms with Crippen LogP contribution in [-0.2, 0) is 6.61 Å². The van der Waals surface area contributed by atoms with Crippen LogP contribution in [0.25, 0.3) is 11.1 Å². The average molecular weight is 530 g/mol. The fraction of sp³-hybridized carbons (Fsp3) is 0.467. The molecule has 0 spiro atoms. The summed E-state index contributed by atoms with van der Waals surface area (Å²) in [6, 6.07) is 10.3. The standard InChI is InChI=1S/C30H39N7O2/c1-30(2,38)10-7-23-5-4-6-24(17-23)22-39-28-18-25(19-32-29(28)31)26-20-33-37(21-26)36-11-8-27(9-12-36)35-15-13-34(3)14-16-35/h4-6,17-21,27,38H,8-9,11-16,22H2,1-3H3,(H2,31,32). The topological polar surface area (TPSA) is 95.9 Å². The molecule has 0 radical (unpaired) electrons. The van der Waals surface area contributed by atoms with E-state index in [1.54, 1.807) is 20.0 Å². The Morgan fingerprint density at radius 1 is 1.05 bits per heavy atom. The van der Waals surface area contributed by atoms with Crippen molar-refractivity contribution < 1.29 is 9.84 Å². The Bertz CT molecular complexity index is 1320. The van der Waals surface area contributed by atoms with Gasteiger partial charge in [0.15, 0.2) is 11.6 Å². The number of nitrogens with two attached hydrogens (primary N) is 1. The van der Waals surface area contributed by atoms with Crippen LogP contribution < -0.4 is 15.5 Å². The molecule has 5 rings (SSSR count). The molecule has 0 amide bonds. The van der Waals surface area contributed by atoms with E-state index in [-0.39, 0.29) is 0 Å². The number of piperazine rings is 1. The van der Waals surface area contributed by atoms with Crippen molar-refractivity contribution in [3.8, 4) is 28.7 Å². The molecule has 1 aromatic carbocycles. The maximum absolute atomic E-state index is 9.86. The fourth-order valence-corrected chi connectivity index (χ4v) is 5.08. The van der Waals surface area contributed by atoms with Gasteiger partial charge in [0, 0.05) is 68.2 Å². The van der Waals surface area contributed by atoms with Crippen LogP contribution in [0.15, 0.2) is 48.9 Å². The summed E-state index contributed by atoms with van der Waals surface area (Å²) in [6.45, 7) is 10.3. The highest BCUT2D eigenvalue weighted by molar-refractivity contribution is 5.65. The zero-order chi connectivity index (χ0) is 27.4. The highest BCUT2D eigenvalue weighted by Crippen LogP contribution is 2.28. The number of aliphatic hydroxyl groups is 1. The molecule has 0 aliphatic carbocycles. The number of ether oxygens (including phenoxy) is 1. The summed E-state index contributed by atoms with van der Waals surface area (Å²) in [5, 5.41) is 16.8. The number of hydrogen-bond donors (Lipinski definition) is 2. The molecule has 2 aliphatic rings. The quantitative estimate of drug-likeness (QED) is 0.471. The maximum atomic E-state index is 9.86. The van der Waals surface area contributed by atoms with E-state index in [2.05, 4.69) is 50.0 Å². The molecule has 0 unspecified atom stereocenters. The van der Waals surface area contributed by atoms with Gasteiger partial charge in [0.25, 0.3) is 0 Å². The number of piperidine rings is 1. The monoisotopic (exact) mass is 529 g/mol. The van der Waals surface area contributed by atoms with Gasteiger partial charge in [-0.2, -0.15) is 9.89 Å². The molecular formula is C30H39N7O2. The molecule has 39 heavy (non-hydrogen) atoms. The molecule has 3 aromatic rings. The normalized spacial score (nSPS) is 17.6. The molecule has 9 heteroatoms. The van der Waals surface area contributed by atoms with Crippen molar-refractivity contribution in [3.63, 3.8) is 0 Å². The Balaban J connectivity index is 1.20. The van der Waals surface area contributed by atoms with Gasteiger partial charge in [-0.1, -0.05) is 24.0 Å². The Hall–Kier alpha value is -3.58. The van der Waals surface area contributed by atoms with Gasteiger partial charge >= 0.3 is 0 Å². The summed E-state index contributed by atoms with van der Waals surface area (Å²) in [5.74, 6) is 6.71. The van der Waals surface area contributed by atoms with Crippen LogP contribution in [0.3, 0.4) is 0 Å². The van der Waals surface area contributed by atoms with Crippen LogP contribution in [0, 0.1) is 11.8 Å². The van der Waals surface area contributed by atoms with Gasteiger partial charge in [-0.3, -0.25) is 9.91 Å². The van der Waals surface area contributed by atoms with Crippen LogP contribution in [-0.4, -0.2) is 87.7 Å². The summed E-state index contributed by atoms with van der Waals surface area (Å²) in [6.07, 6.45) is 8.00. The van der Waals surface area contributed by atoms with Gasteiger partial charge in [0.1, 0.15) is 12.2 Å². The first kappa shape index (κ1) is 27.0. The molecule has 2 saturated heterocycles. The fourth-order valence-electron chi connectivity index (χ4n) is 5.08. The van der Waals surface area contributed by atoms with Crippen LogP contribution in [0.1, 0.15) is 37.8 Å². The summed E-state index contributed by atoms with van der Waals surface area (Å²) >= 11 is 0. The lowest BCUT2D eigenvalue weighted by Gasteiger charge is -2.42. The van der Waals surface area contributed by atoms with Crippen molar-refractivity contribution in [3.05, 3.63) is 60.0 Å². The van der Waals surface area contributed by atoms with Gasteiger partial charge < -0.3 is 20.5 Å². The third-order valence-corrected chi connectivity index (χ3v) is 7.40. The third-order valence-electron chi connectivity index (χ3n) is 7.40. The predicted octanol–water partition coefficient (Wildman–Crippen LogP) is 2.58. The number of pyridine rings is 1. The second kappa shape index (κ2) is 11.7. The van der Waals surface area contributed by atoms with E-state index < -0.39 is 5.60 Å². The molecule has 0 saturated carbocycles. The number of benzene rings is 1. The van der Waals surface area contributed by atoms with E-state index >= 15 is 0 Å². The highest BCUT2D eigenvalue weighted by atomic mass is 16.5. The lowest BCUT2D eigenvalue weighted by Crippen LogP contribution is -2.53. The van der Waals surface area contributed by atoms with E-state index in [0.29, 0.717) is 24.2 Å². The summed E-state index contributed by atoms with van der Waals surface area (Å²) in [4.78, 5) is 11.4. The van der Waals surface area contributed by atoms with Gasteiger partial charge in [-0.15, -0.1) is 0 Å². The first-order valence-electron chi connectivity index (χ1n) is 13.7. The predicted molar refractivity (Wildman–Crippen MR) is 154 cm³/mol. The van der Waals surface area contributed by atoms with Crippen molar-refractivity contribution in [2.24, 2.45) is 0 Å². The van der Waals surface area contributed by atoms with E-state index in [9.17, 15) is 5.11 Å².